The molecule has 0 aliphatic carbocycles. The van der Waals surface area contributed by atoms with Crippen molar-refractivity contribution in [3.05, 3.63) is 52.7 Å². The monoisotopic (exact) mass is 436 g/mol. The van der Waals surface area contributed by atoms with Gasteiger partial charge in [-0.2, -0.15) is 0 Å². The highest BCUT2D eigenvalue weighted by molar-refractivity contribution is 5.73. The Kier molecular flexibility index (Phi) is 4.55. The molecule has 0 N–H and O–H groups in total. The fourth-order valence-electron chi connectivity index (χ4n) is 5.49. The van der Waals surface area contributed by atoms with Gasteiger partial charge in [0.05, 0.1) is 24.8 Å². The van der Waals surface area contributed by atoms with Gasteiger partial charge in [0.15, 0.2) is 5.65 Å². The number of carbonyl (C=O) groups excluding carboxylic acids is 1. The van der Waals surface area contributed by atoms with E-state index in [-0.39, 0.29) is 23.6 Å². The fourth-order valence-corrected chi connectivity index (χ4v) is 5.49. The molecule has 5 heterocycles. The Morgan fingerprint density at radius 3 is 2.66 bits per heavy atom. The predicted molar refractivity (Wildman–Crippen MR) is 115 cm³/mol. The Hall–Kier alpha value is -3.16. The molecule has 1 amide bonds. The van der Waals surface area contributed by atoms with Crippen molar-refractivity contribution in [2.24, 2.45) is 0 Å². The fraction of sp³-hybridized carbons (Fsp3) is 0.458. The lowest BCUT2D eigenvalue weighted by Gasteiger charge is -2.32. The van der Waals surface area contributed by atoms with Crippen LogP contribution in [-0.2, 0) is 17.6 Å². The average Bonchev–Trinajstić information content (AvgIpc) is 3.45. The minimum absolute atomic E-state index is 0.0144. The highest BCUT2D eigenvalue weighted by Crippen LogP contribution is 2.41. The molecule has 1 atom stereocenters. The van der Waals surface area contributed by atoms with Gasteiger partial charge in [-0.15, -0.1) is 10.2 Å². The summed E-state index contributed by atoms with van der Waals surface area (Å²) in [5.74, 6) is 1.82. The number of ether oxygens (including phenoxy) is 2. The van der Waals surface area contributed by atoms with Crippen LogP contribution in [0.15, 0.2) is 24.5 Å². The second-order valence-electron chi connectivity index (χ2n) is 8.97. The van der Waals surface area contributed by atoms with E-state index in [0.717, 1.165) is 65.5 Å². The highest BCUT2D eigenvalue weighted by atomic mass is 19.1. The topological polar surface area (TPSA) is 69.0 Å². The van der Waals surface area contributed by atoms with Crippen molar-refractivity contribution < 1.29 is 18.7 Å². The summed E-state index contributed by atoms with van der Waals surface area (Å²) in [6.45, 7) is 4.06. The summed E-state index contributed by atoms with van der Waals surface area (Å²) < 4.78 is 29.0. The molecule has 7 nitrogen and oxygen atoms in total. The summed E-state index contributed by atoms with van der Waals surface area (Å²) in [6.07, 6.45) is 4.68. The molecular formula is C24H25FN4O3. The standard InChI is InChI=1S/C24H25FN4O3/c1-14(30)28-8-6-15(7-9-28)18-10-22-20(29-13-26-27-24(18)29)4-2-17-19(25)3-5-21-23(17)16(11-31-21)12-32-22/h3,5,10,13,15-16H,2,4,6-9,11-12H2,1H3/t16-/m1/s1. The van der Waals surface area contributed by atoms with E-state index in [1.807, 2.05) is 9.30 Å². The maximum Gasteiger partial charge on any atom is 0.219 e. The lowest BCUT2D eigenvalue weighted by molar-refractivity contribution is -0.129. The highest BCUT2D eigenvalue weighted by Gasteiger charge is 2.32. The number of likely N-dealkylation sites (tertiary alicyclic amines) is 1. The summed E-state index contributed by atoms with van der Waals surface area (Å²) in [5.41, 5.74) is 4.58. The lowest BCUT2D eigenvalue weighted by atomic mass is 9.89. The second kappa shape index (κ2) is 7.46. The molecule has 3 aromatic rings. The molecule has 6 rings (SSSR count). The number of piperidine rings is 1. The number of rotatable bonds is 1. The summed E-state index contributed by atoms with van der Waals surface area (Å²) in [6, 6.07) is 5.33. The molecule has 0 bridgehead atoms. The summed E-state index contributed by atoms with van der Waals surface area (Å²) >= 11 is 0. The van der Waals surface area contributed by atoms with Crippen LogP contribution in [0.4, 0.5) is 4.39 Å². The van der Waals surface area contributed by atoms with Gasteiger partial charge in [-0.05, 0) is 55.4 Å². The number of hydrogen-bond acceptors (Lipinski definition) is 5. The number of nitrogens with zero attached hydrogens (tertiary/aromatic N) is 4. The van der Waals surface area contributed by atoms with Crippen LogP contribution in [0, 0.1) is 5.82 Å². The first-order valence-electron chi connectivity index (χ1n) is 11.3. The Bertz CT molecular complexity index is 1220. The van der Waals surface area contributed by atoms with Gasteiger partial charge in [0.1, 0.15) is 23.6 Å². The zero-order valence-corrected chi connectivity index (χ0v) is 18.0. The van der Waals surface area contributed by atoms with Crippen molar-refractivity contribution in [3.63, 3.8) is 0 Å². The predicted octanol–water partition coefficient (Wildman–Crippen LogP) is 3.25. The van der Waals surface area contributed by atoms with Gasteiger partial charge in [0, 0.05) is 31.1 Å². The van der Waals surface area contributed by atoms with E-state index in [2.05, 4.69) is 16.3 Å². The first-order chi connectivity index (χ1) is 15.6. The van der Waals surface area contributed by atoms with Crippen molar-refractivity contribution >= 4 is 11.6 Å². The molecule has 2 aromatic heterocycles. The molecule has 0 unspecified atom stereocenters. The number of fused-ring (bicyclic) bond motifs is 3. The largest absolute Gasteiger partial charge is 0.493 e. The minimum atomic E-state index is -0.184. The van der Waals surface area contributed by atoms with Crippen LogP contribution in [0.3, 0.4) is 0 Å². The Morgan fingerprint density at radius 2 is 1.88 bits per heavy atom. The molecule has 1 saturated heterocycles. The number of aromatic nitrogens is 3. The third kappa shape index (κ3) is 3.04. The Balaban J connectivity index is 1.39. The molecule has 32 heavy (non-hydrogen) atoms. The third-order valence-electron chi connectivity index (χ3n) is 7.21. The van der Waals surface area contributed by atoms with E-state index in [9.17, 15) is 9.18 Å². The zero-order valence-electron chi connectivity index (χ0n) is 18.0. The molecular weight excluding hydrogens is 411 g/mol. The molecule has 8 heteroatoms. The quantitative estimate of drug-likeness (QED) is 0.586. The number of amides is 1. The van der Waals surface area contributed by atoms with Gasteiger partial charge in [0.25, 0.3) is 0 Å². The van der Waals surface area contributed by atoms with Crippen molar-refractivity contribution in [1.82, 2.24) is 19.5 Å². The smallest absolute Gasteiger partial charge is 0.219 e. The van der Waals surface area contributed by atoms with E-state index in [1.54, 1.807) is 19.3 Å². The van der Waals surface area contributed by atoms with Gasteiger partial charge in [-0.1, -0.05) is 0 Å². The number of hydrogen-bond donors (Lipinski definition) is 0. The van der Waals surface area contributed by atoms with Crippen molar-refractivity contribution in [1.29, 1.82) is 0 Å². The average molecular weight is 436 g/mol. The summed E-state index contributed by atoms with van der Waals surface area (Å²) in [7, 11) is 0. The Morgan fingerprint density at radius 1 is 1.09 bits per heavy atom. The van der Waals surface area contributed by atoms with Crippen molar-refractivity contribution in [2.75, 3.05) is 26.3 Å². The SMILES string of the molecule is CC(=O)N1CCC(c2cc3c(n4cnnc24)CCc2c(F)ccc4c2[C@H](CO4)CO3)CC1. The van der Waals surface area contributed by atoms with Gasteiger partial charge < -0.3 is 14.4 Å². The van der Waals surface area contributed by atoms with E-state index in [0.29, 0.717) is 26.1 Å². The zero-order chi connectivity index (χ0) is 21.8. The summed E-state index contributed by atoms with van der Waals surface area (Å²) in [4.78, 5) is 13.6. The Labute approximate surface area is 185 Å². The van der Waals surface area contributed by atoms with Crippen LogP contribution in [0.1, 0.15) is 54.0 Å². The first-order valence-corrected chi connectivity index (χ1v) is 11.3. The maximum absolute atomic E-state index is 14.8. The lowest BCUT2D eigenvalue weighted by Crippen LogP contribution is -2.36. The number of benzene rings is 1. The van der Waals surface area contributed by atoms with Gasteiger partial charge in [0.2, 0.25) is 5.91 Å². The van der Waals surface area contributed by atoms with Crippen LogP contribution in [0.25, 0.3) is 5.65 Å². The molecule has 0 spiro atoms. The number of pyridine rings is 1. The molecule has 1 aromatic carbocycles. The number of carbonyl (C=O) groups is 1. The molecule has 0 saturated carbocycles. The van der Waals surface area contributed by atoms with Gasteiger partial charge >= 0.3 is 0 Å². The van der Waals surface area contributed by atoms with E-state index in [4.69, 9.17) is 9.47 Å². The van der Waals surface area contributed by atoms with Crippen molar-refractivity contribution in [3.8, 4) is 11.5 Å². The third-order valence-corrected chi connectivity index (χ3v) is 7.21. The van der Waals surface area contributed by atoms with E-state index >= 15 is 0 Å². The first kappa shape index (κ1) is 19.5. The number of halogens is 1. The minimum Gasteiger partial charge on any atom is -0.493 e. The van der Waals surface area contributed by atoms with Crippen LogP contribution < -0.4 is 9.47 Å². The second-order valence-corrected chi connectivity index (χ2v) is 8.97. The molecule has 166 valence electrons. The van der Waals surface area contributed by atoms with E-state index in [1.165, 1.54) is 6.07 Å². The van der Waals surface area contributed by atoms with Crippen molar-refractivity contribution in [2.45, 2.75) is 44.4 Å². The molecule has 3 aliphatic heterocycles. The van der Waals surface area contributed by atoms with Gasteiger partial charge in [-0.3, -0.25) is 9.20 Å². The van der Waals surface area contributed by atoms with Gasteiger partial charge in [-0.25, -0.2) is 4.39 Å². The molecule has 0 radical (unpaired) electrons. The van der Waals surface area contributed by atoms with Crippen LogP contribution in [-0.4, -0.2) is 51.7 Å². The normalized spacial score (nSPS) is 20.6. The summed E-state index contributed by atoms with van der Waals surface area (Å²) in [5, 5.41) is 8.60. The maximum atomic E-state index is 14.8. The van der Waals surface area contributed by atoms with Crippen LogP contribution in [0.2, 0.25) is 0 Å². The van der Waals surface area contributed by atoms with E-state index < -0.39 is 0 Å². The molecule has 1 fully saturated rings. The molecule has 3 aliphatic rings. The number of aryl methyl sites for hydroxylation is 1. The van der Waals surface area contributed by atoms with Crippen LogP contribution >= 0.6 is 0 Å². The van der Waals surface area contributed by atoms with Crippen LogP contribution in [0.5, 0.6) is 11.5 Å².